The highest BCUT2D eigenvalue weighted by atomic mass is 32.1. The molecule has 0 aliphatic carbocycles. The summed E-state index contributed by atoms with van der Waals surface area (Å²) in [6.07, 6.45) is 1.11. The maximum Gasteiger partial charge on any atom is 0.0907 e. The van der Waals surface area contributed by atoms with Crippen LogP contribution in [0, 0.1) is 6.92 Å². The van der Waals surface area contributed by atoms with Crippen LogP contribution in [0.2, 0.25) is 0 Å². The van der Waals surface area contributed by atoms with E-state index in [2.05, 4.69) is 40.3 Å². The number of fused-ring (bicyclic) bond motifs is 1. The van der Waals surface area contributed by atoms with Crippen LogP contribution in [0.1, 0.15) is 10.6 Å². The fourth-order valence-corrected chi connectivity index (χ4v) is 3.41. The molecule has 1 N–H and O–H groups in total. The zero-order chi connectivity index (χ0) is 12.4. The van der Waals surface area contributed by atoms with Gasteiger partial charge < -0.3 is 10.2 Å². The summed E-state index contributed by atoms with van der Waals surface area (Å²) in [5.74, 6) is 0. The molecular formula is C14H19N3S. The summed E-state index contributed by atoms with van der Waals surface area (Å²) >= 11 is 1.79. The van der Waals surface area contributed by atoms with Crippen LogP contribution in [-0.4, -0.2) is 42.6 Å². The number of benzene rings is 1. The van der Waals surface area contributed by atoms with Crippen LogP contribution in [0.15, 0.2) is 18.2 Å². The maximum absolute atomic E-state index is 4.66. The third kappa shape index (κ3) is 2.55. The number of rotatable bonds is 3. The zero-order valence-corrected chi connectivity index (χ0v) is 11.6. The van der Waals surface area contributed by atoms with E-state index in [1.807, 2.05) is 0 Å². The van der Waals surface area contributed by atoms with Gasteiger partial charge in [-0.25, -0.2) is 4.98 Å². The van der Waals surface area contributed by atoms with Gasteiger partial charge in [0, 0.05) is 32.7 Å². The predicted molar refractivity (Wildman–Crippen MR) is 77.4 cm³/mol. The first-order valence-corrected chi connectivity index (χ1v) is 7.43. The van der Waals surface area contributed by atoms with Gasteiger partial charge in [0.05, 0.1) is 15.2 Å². The number of hydrogen-bond donors (Lipinski definition) is 1. The normalized spacial score (nSPS) is 17.4. The van der Waals surface area contributed by atoms with Crippen molar-refractivity contribution in [1.82, 2.24) is 15.2 Å². The number of thiazole rings is 1. The first kappa shape index (κ1) is 12.1. The van der Waals surface area contributed by atoms with Crippen LogP contribution in [-0.2, 0) is 6.42 Å². The second-order valence-electron chi connectivity index (χ2n) is 4.84. The minimum Gasteiger partial charge on any atom is -0.314 e. The quantitative estimate of drug-likeness (QED) is 0.916. The fraction of sp³-hybridized carbons (Fsp3) is 0.500. The van der Waals surface area contributed by atoms with Gasteiger partial charge in [-0.1, -0.05) is 12.1 Å². The Bertz CT molecular complexity index is 529. The number of nitrogens with zero attached hydrogens (tertiary/aromatic N) is 2. The monoisotopic (exact) mass is 261 g/mol. The molecule has 1 aliphatic heterocycles. The molecule has 0 atom stereocenters. The van der Waals surface area contributed by atoms with Crippen molar-refractivity contribution < 1.29 is 0 Å². The Morgan fingerprint density at radius 3 is 3.00 bits per heavy atom. The summed E-state index contributed by atoms with van der Waals surface area (Å²) in [5, 5.41) is 4.56. The lowest BCUT2D eigenvalue weighted by molar-refractivity contribution is 0.244. The lowest BCUT2D eigenvalue weighted by atomic mass is 10.1. The van der Waals surface area contributed by atoms with Gasteiger partial charge in [0.1, 0.15) is 0 Å². The standard InChI is InChI=1S/C14H19N3S/c1-11-16-14-12(3-2-4-13(14)18-11)5-8-17-9-6-15-7-10-17/h2-4,15H,5-10H2,1H3. The van der Waals surface area contributed by atoms with Crippen molar-refractivity contribution in [3.05, 3.63) is 28.8 Å². The minimum absolute atomic E-state index is 1.11. The number of nitrogens with one attached hydrogen (secondary N) is 1. The number of aromatic nitrogens is 1. The van der Waals surface area contributed by atoms with Gasteiger partial charge in [-0.15, -0.1) is 11.3 Å². The molecule has 3 rings (SSSR count). The number of aryl methyl sites for hydroxylation is 1. The maximum atomic E-state index is 4.66. The minimum atomic E-state index is 1.11. The summed E-state index contributed by atoms with van der Waals surface area (Å²) in [7, 11) is 0. The first-order chi connectivity index (χ1) is 8.83. The van der Waals surface area contributed by atoms with E-state index >= 15 is 0 Å². The molecule has 0 bridgehead atoms. The van der Waals surface area contributed by atoms with Gasteiger partial charge in [0.25, 0.3) is 0 Å². The largest absolute Gasteiger partial charge is 0.314 e. The smallest absolute Gasteiger partial charge is 0.0907 e. The van der Waals surface area contributed by atoms with Crippen LogP contribution < -0.4 is 5.32 Å². The van der Waals surface area contributed by atoms with Crippen molar-refractivity contribution >= 4 is 21.6 Å². The molecule has 4 heteroatoms. The lowest BCUT2D eigenvalue weighted by Crippen LogP contribution is -2.44. The van der Waals surface area contributed by atoms with Crippen LogP contribution in [0.5, 0.6) is 0 Å². The highest BCUT2D eigenvalue weighted by Gasteiger charge is 2.11. The fourth-order valence-electron chi connectivity index (χ4n) is 2.53. The third-order valence-electron chi connectivity index (χ3n) is 3.52. The average molecular weight is 261 g/mol. The Labute approximate surface area is 112 Å². The van der Waals surface area contributed by atoms with E-state index in [0.29, 0.717) is 0 Å². The molecule has 1 aliphatic rings. The highest BCUT2D eigenvalue weighted by molar-refractivity contribution is 7.18. The topological polar surface area (TPSA) is 28.2 Å². The number of piperazine rings is 1. The Morgan fingerprint density at radius 2 is 2.17 bits per heavy atom. The molecular weight excluding hydrogens is 242 g/mol. The number of hydrogen-bond acceptors (Lipinski definition) is 4. The van der Waals surface area contributed by atoms with E-state index in [0.717, 1.165) is 26.1 Å². The van der Waals surface area contributed by atoms with Crippen LogP contribution >= 0.6 is 11.3 Å². The van der Waals surface area contributed by atoms with Crippen LogP contribution in [0.4, 0.5) is 0 Å². The SMILES string of the molecule is Cc1nc2c(CCN3CCNCC3)cccc2s1. The molecule has 1 aromatic carbocycles. The average Bonchev–Trinajstić information content (AvgIpc) is 2.78. The van der Waals surface area contributed by atoms with Gasteiger partial charge in [-0.2, -0.15) is 0 Å². The van der Waals surface area contributed by atoms with Crippen LogP contribution in [0.25, 0.3) is 10.2 Å². The predicted octanol–water partition coefficient (Wildman–Crippen LogP) is 2.05. The number of para-hydroxylation sites is 1. The van der Waals surface area contributed by atoms with Gasteiger partial charge in [0.2, 0.25) is 0 Å². The molecule has 1 aromatic heterocycles. The summed E-state index contributed by atoms with van der Waals surface area (Å²) in [5.41, 5.74) is 2.62. The second kappa shape index (κ2) is 5.34. The molecule has 3 nitrogen and oxygen atoms in total. The third-order valence-corrected chi connectivity index (χ3v) is 4.45. The molecule has 2 aromatic rings. The molecule has 96 valence electrons. The van der Waals surface area contributed by atoms with Gasteiger partial charge in [-0.3, -0.25) is 0 Å². The molecule has 0 amide bonds. The second-order valence-corrected chi connectivity index (χ2v) is 6.07. The van der Waals surface area contributed by atoms with Gasteiger partial charge in [0.15, 0.2) is 0 Å². The van der Waals surface area contributed by atoms with E-state index in [4.69, 9.17) is 0 Å². The lowest BCUT2D eigenvalue weighted by Gasteiger charge is -2.27. The highest BCUT2D eigenvalue weighted by Crippen LogP contribution is 2.24. The van der Waals surface area contributed by atoms with Crippen molar-refractivity contribution in [3.8, 4) is 0 Å². The van der Waals surface area contributed by atoms with E-state index in [-0.39, 0.29) is 0 Å². The van der Waals surface area contributed by atoms with Crippen molar-refractivity contribution in [1.29, 1.82) is 0 Å². The Morgan fingerprint density at radius 1 is 1.33 bits per heavy atom. The molecule has 18 heavy (non-hydrogen) atoms. The van der Waals surface area contributed by atoms with Crippen molar-refractivity contribution in [3.63, 3.8) is 0 Å². The Balaban J connectivity index is 1.73. The summed E-state index contributed by atoms with van der Waals surface area (Å²) in [6, 6.07) is 6.56. The molecule has 0 spiro atoms. The van der Waals surface area contributed by atoms with Gasteiger partial charge >= 0.3 is 0 Å². The van der Waals surface area contributed by atoms with Crippen LogP contribution in [0.3, 0.4) is 0 Å². The summed E-state index contributed by atoms with van der Waals surface area (Å²) < 4.78 is 1.32. The molecule has 0 radical (unpaired) electrons. The molecule has 0 unspecified atom stereocenters. The zero-order valence-electron chi connectivity index (χ0n) is 10.8. The Kier molecular flexibility index (Phi) is 3.59. The van der Waals surface area contributed by atoms with E-state index in [1.54, 1.807) is 11.3 Å². The van der Waals surface area contributed by atoms with E-state index in [1.165, 1.54) is 33.9 Å². The van der Waals surface area contributed by atoms with Crippen molar-refractivity contribution in [2.45, 2.75) is 13.3 Å². The summed E-state index contributed by atoms with van der Waals surface area (Å²) in [4.78, 5) is 7.20. The van der Waals surface area contributed by atoms with E-state index < -0.39 is 0 Å². The molecule has 0 saturated carbocycles. The first-order valence-electron chi connectivity index (χ1n) is 6.61. The molecule has 2 heterocycles. The van der Waals surface area contributed by atoms with Gasteiger partial charge in [-0.05, 0) is 25.0 Å². The summed E-state index contributed by atoms with van der Waals surface area (Å²) in [6.45, 7) is 7.83. The van der Waals surface area contributed by atoms with Crippen molar-refractivity contribution in [2.24, 2.45) is 0 Å². The molecule has 1 fully saturated rings. The van der Waals surface area contributed by atoms with E-state index in [9.17, 15) is 0 Å². The van der Waals surface area contributed by atoms with Crippen molar-refractivity contribution in [2.75, 3.05) is 32.7 Å². The molecule has 1 saturated heterocycles. The Hall–Kier alpha value is -0.970.